The lowest BCUT2D eigenvalue weighted by Crippen LogP contribution is -2.36. The monoisotopic (exact) mass is 614 g/mol. The number of hydrogen-bond acceptors (Lipinski definition) is 8. The van der Waals surface area contributed by atoms with Crippen molar-refractivity contribution in [1.82, 2.24) is 21.3 Å². The third kappa shape index (κ3) is 9.53. The van der Waals surface area contributed by atoms with Crippen molar-refractivity contribution in [2.75, 3.05) is 25.4 Å². The molecule has 13 nitrogen and oxygen atoms in total. The second kappa shape index (κ2) is 15.1. The Morgan fingerprint density at radius 2 is 1.72 bits per heavy atom. The summed E-state index contributed by atoms with van der Waals surface area (Å²) in [5.41, 5.74) is 2.05. The summed E-state index contributed by atoms with van der Waals surface area (Å²) in [6.07, 6.45) is 1.47. The maximum Gasteiger partial charge on any atom is 0.506 e. The number of amides is 4. The van der Waals surface area contributed by atoms with E-state index < -0.39 is 24.6 Å². The van der Waals surface area contributed by atoms with Gasteiger partial charge < -0.3 is 41.0 Å². The Morgan fingerprint density at radius 3 is 2.47 bits per heavy atom. The molecule has 14 heteroatoms. The third-order valence-corrected chi connectivity index (χ3v) is 8.49. The fourth-order valence-corrected chi connectivity index (χ4v) is 6.49. The molecule has 4 amide bonds. The van der Waals surface area contributed by atoms with E-state index in [2.05, 4.69) is 26.0 Å². The van der Waals surface area contributed by atoms with Gasteiger partial charge in [0.25, 0.3) is 5.91 Å². The number of unbranched alkanes of at least 4 members (excludes halogenated alkanes) is 1. The highest BCUT2D eigenvalue weighted by atomic mass is 32.2. The minimum Gasteiger partial charge on any atom is -0.482 e. The first-order valence-electron chi connectivity index (χ1n) is 13.9. The largest absolute Gasteiger partial charge is 0.506 e. The van der Waals surface area contributed by atoms with Crippen molar-refractivity contribution in [1.29, 1.82) is 0 Å². The Labute approximate surface area is 252 Å². The summed E-state index contributed by atoms with van der Waals surface area (Å²) < 4.78 is 9.84. The molecule has 0 aromatic heterocycles. The number of urea groups is 1. The SMILES string of the molecule is O=C(O)COc1ccc(-c2cc(COC(=O)O)cc(C(=O)NCCNC(=O)CCCC[C@@H]3SC[C@@H]4NC(=O)N[C@@H]43)c2)cc1. The van der Waals surface area contributed by atoms with Crippen molar-refractivity contribution < 1.29 is 43.7 Å². The molecule has 230 valence electrons. The number of carboxylic acid groups (broad SMARTS) is 2. The van der Waals surface area contributed by atoms with Crippen LogP contribution in [0.2, 0.25) is 0 Å². The molecule has 0 radical (unpaired) electrons. The Balaban J connectivity index is 1.23. The normalized spacial score (nSPS) is 18.6. The van der Waals surface area contributed by atoms with E-state index in [1.807, 2.05) is 11.8 Å². The van der Waals surface area contributed by atoms with Gasteiger partial charge in [-0.1, -0.05) is 18.6 Å². The molecule has 6 N–H and O–H groups in total. The molecule has 2 aromatic carbocycles. The summed E-state index contributed by atoms with van der Waals surface area (Å²) in [5, 5.41) is 29.5. The molecule has 0 unspecified atom stereocenters. The number of carbonyl (C=O) groups excluding carboxylic acids is 3. The maximum atomic E-state index is 12.9. The first kappa shape index (κ1) is 31.5. The standard InChI is InChI=1S/C29H34N4O9S/c34-24(4-2-1-3-23-26-22(16-43-23)32-28(38)33-26)30-9-10-31-27(37)20-12-17(14-42-29(39)40)11-19(13-20)18-5-7-21(8-6-18)41-15-25(35)36/h5-8,11-13,22-23,26H,1-4,9-10,14-16H2,(H,30,34)(H,31,37)(H,35,36)(H,39,40)(H2,32,33,38)/t22-,23-,26-/m0/s1. The van der Waals surface area contributed by atoms with Crippen molar-refractivity contribution in [3.8, 4) is 16.9 Å². The molecule has 0 aliphatic carbocycles. The van der Waals surface area contributed by atoms with E-state index in [4.69, 9.17) is 14.9 Å². The zero-order valence-electron chi connectivity index (χ0n) is 23.3. The Hall–Kier alpha value is -4.46. The summed E-state index contributed by atoms with van der Waals surface area (Å²) in [4.78, 5) is 58.3. The van der Waals surface area contributed by atoms with Gasteiger partial charge in [-0.05, 0) is 59.9 Å². The lowest BCUT2D eigenvalue weighted by atomic mass is 9.99. The van der Waals surface area contributed by atoms with Crippen LogP contribution < -0.4 is 26.0 Å². The molecule has 2 saturated heterocycles. The lowest BCUT2D eigenvalue weighted by Gasteiger charge is -2.16. The minimum absolute atomic E-state index is 0.104. The number of ether oxygens (including phenoxy) is 2. The van der Waals surface area contributed by atoms with Crippen molar-refractivity contribution in [3.63, 3.8) is 0 Å². The molecule has 3 atom stereocenters. The number of fused-ring (bicyclic) bond motifs is 1. The van der Waals surface area contributed by atoms with Crippen LogP contribution in [0, 0.1) is 0 Å². The number of rotatable bonds is 15. The number of carboxylic acids is 1. The first-order chi connectivity index (χ1) is 20.7. The molecule has 4 rings (SSSR count). The summed E-state index contributed by atoms with van der Waals surface area (Å²) in [6.45, 7) is -0.297. The van der Waals surface area contributed by atoms with Crippen LogP contribution in [0.5, 0.6) is 5.75 Å². The topological polar surface area (TPSA) is 192 Å². The minimum atomic E-state index is -1.45. The second-order valence-electron chi connectivity index (χ2n) is 10.2. The number of aliphatic carboxylic acids is 1. The third-order valence-electron chi connectivity index (χ3n) is 6.98. The molecule has 2 aromatic rings. The number of benzene rings is 2. The van der Waals surface area contributed by atoms with Gasteiger partial charge in [-0.2, -0.15) is 11.8 Å². The molecule has 0 bridgehead atoms. The first-order valence-corrected chi connectivity index (χ1v) is 14.9. The van der Waals surface area contributed by atoms with E-state index in [0.29, 0.717) is 34.1 Å². The fourth-order valence-electron chi connectivity index (χ4n) is 4.95. The van der Waals surface area contributed by atoms with E-state index in [-0.39, 0.29) is 49.3 Å². The highest BCUT2D eigenvalue weighted by Gasteiger charge is 2.42. The van der Waals surface area contributed by atoms with E-state index in [9.17, 15) is 24.0 Å². The zero-order chi connectivity index (χ0) is 30.8. The van der Waals surface area contributed by atoms with Crippen molar-refractivity contribution in [2.24, 2.45) is 0 Å². The molecule has 0 spiro atoms. The molecule has 2 aliphatic heterocycles. The number of nitrogens with one attached hydrogen (secondary N) is 4. The lowest BCUT2D eigenvalue weighted by molar-refractivity contribution is -0.139. The molecule has 2 heterocycles. The fraction of sp³-hybridized carbons (Fsp3) is 0.414. The quantitative estimate of drug-likeness (QED) is 0.0987. The van der Waals surface area contributed by atoms with Crippen LogP contribution in [0.15, 0.2) is 42.5 Å². The summed E-state index contributed by atoms with van der Waals surface area (Å²) >= 11 is 1.85. The molecule has 43 heavy (non-hydrogen) atoms. The summed E-state index contributed by atoms with van der Waals surface area (Å²) in [7, 11) is 0. The van der Waals surface area contributed by atoms with Crippen LogP contribution in [0.4, 0.5) is 9.59 Å². The number of carbonyl (C=O) groups is 5. The van der Waals surface area contributed by atoms with Gasteiger partial charge in [0.05, 0.1) is 12.1 Å². The van der Waals surface area contributed by atoms with Crippen molar-refractivity contribution in [3.05, 3.63) is 53.6 Å². The molecular formula is C29H34N4O9S. The molecule has 2 aliphatic rings. The smallest absolute Gasteiger partial charge is 0.482 e. The van der Waals surface area contributed by atoms with Gasteiger partial charge in [-0.25, -0.2) is 14.4 Å². The Bertz CT molecular complexity index is 1340. The van der Waals surface area contributed by atoms with Gasteiger partial charge in [0.2, 0.25) is 5.91 Å². The molecular weight excluding hydrogens is 580 g/mol. The Kier molecular flexibility index (Phi) is 11.1. The predicted octanol–water partition coefficient (Wildman–Crippen LogP) is 2.58. The van der Waals surface area contributed by atoms with Crippen LogP contribution in [0.1, 0.15) is 41.6 Å². The molecule has 0 saturated carbocycles. The van der Waals surface area contributed by atoms with Gasteiger partial charge in [0.15, 0.2) is 6.61 Å². The number of hydrogen-bond donors (Lipinski definition) is 6. The second-order valence-corrected chi connectivity index (χ2v) is 11.4. The van der Waals surface area contributed by atoms with E-state index in [1.54, 1.807) is 36.4 Å². The maximum absolute atomic E-state index is 12.9. The van der Waals surface area contributed by atoms with Crippen molar-refractivity contribution >= 4 is 41.7 Å². The van der Waals surface area contributed by atoms with E-state index >= 15 is 0 Å². The average molecular weight is 615 g/mol. The Morgan fingerprint density at radius 1 is 0.953 bits per heavy atom. The van der Waals surface area contributed by atoms with Gasteiger partial charge in [0, 0.05) is 36.1 Å². The van der Waals surface area contributed by atoms with E-state index in [0.717, 1.165) is 25.0 Å². The van der Waals surface area contributed by atoms with Crippen LogP contribution >= 0.6 is 11.8 Å². The van der Waals surface area contributed by atoms with Crippen LogP contribution in [-0.4, -0.2) is 83.0 Å². The average Bonchev–Trinajstić information content (AvgIpc) is 3.54. The predicted molar refractivity (Wildman–Crippen MR) is 157 cm³/mol. The number of thioether (sulfide) groups is 1. The highest BCUT2D eigenvalue weighted by molar-refractivity contribution is 8.00. The zero-order valence-corrected chi connectivity index (χ0v) is 24.1. The van der Waals surface area contributed by atoms with Gasteiger partial charge >= 0.3 is 18.2 Å². The molecule has 2 fully saturated rings. The van der Waals surface area contributed by atoms with Crippen LogP contribution in [-0.2, 0) is 20.9 Å². The van der Waals surface area contributed by atoms with Gasteiger partial charge in [0.1, 0.15) is 12.4 Å². The van der Waals surface area contributed by atoms with Crippen LogP contribution in [0.3, 0.4) is 0 Å². The van der Waals surface area contributed by atoms with Gasteiger partial charge in [-0.3, -0.25) is 9.59 Å². The van der Waals surface area contributed by atoms with Crippen molar-refractivity contribution in [2.45, 2.75) is 49.6 Å². The van der Waals surface area contributed by atoms with E-state index in [1.165, 1.54) is 6.07 Å². The summed E-state index contributed by atoms with van der Waals surface area (Å²) in [5.74, 6) is -0.347. The highest BCUT2D eigenvalue weighted by Crippen LogP contribution is 2.33. The van der Waals surface area contributed by atoms with Gasteiger partial charge in [-0.15, -0.1) is 0 Å². The van der Waals surface area contributed by atoms with Crippen LogP contribution in [0.25, 0.3) is 11.1 Å². The summed E-state index contributed by atoms with van der Waals surface area (Å²) in [6, 6.07) is 11.7.